The van der Waals surface area contributed by atoms with E-state index in [9.17, 15) is 10.1 Å². The largest absolute Gasteiger partial charge is 0.277 e. The highest BCUT2D eigenvalue weighted by atomic mass is 79.9. The Labute approximate surface area is 126 Å². The predicted octanol–water partition coefficient (Wildman–Crippen LogP) is 5.26. The molecular formula is C16H16BrNO2. The van der Waals surface area contributed by atoms with E-state index in [-0.39, 0.29) is 10.6 Å². The van der Waals surface area contributed by atoms with Crippen LogP contribution in [0, 0.1) is 37.8 Å². The molecule has 0 N–H and O–H groups in total. The molecule has 0 fully saturated rings. The van der Waals surface area contributed by atoms with E-state index in [0.717, 1.165) is 32.3 Å². The fourth-order valence-electron chi connectivity index (χ4n) is 2.51. The van der Waals surface area contributed by atoms with Crippen molar-refractivity contribution in [3.05, 3.63) is 61.1 Å². The molecule has 0 saturated carbocycles. The maximum Gasteiger partial charge on any atom is 0.277 e. The minimum atomic E-state index is -0.319. The molecule has 20 heavy (non-hydrogen) atoms. The van der Waals surface area contributed by atoms with Crippen molar-refractivity contribution in [3.63, 3.8) is 0 Å². The molecule has 0 aliphatic heterocycles. The molecule has 0 aliphatic carbocycles. The number of hydrogen-bond donors (Lipinski definition) is 0. The van der Waals surface area contributed by atoms with E-state index < -0.39 is 0 Å². The quantitative estimate of drug-likeness (QED) is 0.555. The number of halogens is 1. The normalized spacial score (nSPS) is 10.7. The van der Waals surface area contributed by atoms with E-state index in [1.165, 1.54) is 0 Å². The second-order valence-electron chi connectivity index (χ2n) is 4.96. The molecule has 2 aromatic carbocycles. The monoisotopic (exact) mass is 333 g/mol. The van der Waals surface area contributed by atoms with Gasteiger partial charge in [-0.05, 0) is 61.6 Å². The standard InChI is InChI=1S/C16H16BrNO2/c1-9-11(3)16(17)12(4)10(2)15(9)13-7-5-6-8-14(13)18(19)20/h5-8H,1-4H3. The van der Waals surface area contributed by atoms with Crippen LogP contribution in [0.1, 0.15) is 22.3 Å². The van der Waals surface area contributed by atoms with Gasteiger partial charge in [-0.15, -0.1) is 0 Å². The molecule has 0 radical (unpaired) electrons. The topological polar surface area (TPSA) is 43.1 Å². The van der Waals surface area contributed by atoms with Gasteiger partial charge in [-0.2, -0.15) is 0 Å². The lowest BCUT2D eigenvalue weighted by Gasteiger charge is -2.18. The van der Waals surface area contributed by atoms with E-state index in [1.54, 1.807) is 12.1 Å². The Morgan fingerprint density at radius 2 is 1.45 bits per heavy atom. The summed E-state index contributed by atoms with van der Waals surface area (Å²) in [4.78, 5) is 10.9. The Kier molecular flexibility index (Phi) is 3.95. The van der Waals surface area contributed by atoms with E-state index in [1.807, 2.05) is 39.8 Å². The van der Waals surface area contributed by atoms with Gasteiger partial charge in [0.2, 0.25) is 0 Å². The summed E-state index contributed by atoms with van der Waals surface area (Å²) in [6.45, 7) is 8.09. The predicted molar refractivity (Wildman–Crippen MR) is 85.2 cm³/mol. The van der Waals surface area contributed by atoms with Gasteiger partial charge < -0.3 is 0 Å². The maximum absolute atomic E-state index is 11.3. The third-order valence-electron chi connectivity index (χ3n) is 3.90. The fraction of sp³-hybridized carbons (Fsp3) is 0.250. The van der Waals surface area contributed by atoms with Crippen molar-refractivity contribution in [2.24, 2.45) is 0 Å². The van der Waals surface area contributed by atoms with Crippen LogP contribution in [0.2, 0.25) is 0 Å². The average Bonchev–Trinajstić information content (AvgIpc) is 2.43. The number of hydrogen-bond acceptors (Lipinski definition) is 2. The molecule has 2 aromatic rings. The first-order chi connectivity index (χ1) is 9.36. The number of para-hydroxylation sites is 1. The number of benzene rings is 2. The van der Waals surface area contributed by atoms with Crippen LogP contribution in [0.25, 0.3) is 11.1 Å². The highest BCUT2D eigenvalue weighted by Gasteiger charge is 2.21. The minimum Gasteiger partial charge on any atom is -0.258 e. The first-order valence-electron chi connectivity index (χ1n) is 6.36. The van der Waals surface area contributed by atoms with Gasteiger partial charge in [-0.1, -0.05) is 28.1 Å². The summed E-state index contributed by atoms with van der Waals surface area (Å²) >= 11 is 3.60. The summed E-state index contributed by atoms with van der Waals surface area (Å²) in [7, 11) is 0. The molecular weight excluding hydrogens is 318 g/mol. The Morgan fingerprint density at radius 1 is 0.950 bits per heavy atom. The second-order valence-corrected chi connectivity index (χ2v) is 5.76. The molecule has 4 heteroatoms. The van der Waals surface area contributed by atoms with Crippen LogP contribution in [0.15, 0.2) is 28.7 Å². The van der Waals surface area contributed by atoms with Crippen molar-refractivity contribution in [3.8, 4) is 11.1 Å². The van der Waals surface area contributed by atoms with Crippen molar-refractivity contribution < 1.29 is 4.92 Å². The van der Waals surface area contributed by atoms with Crippen LogP contribution in [0.5, 0.6) is 0 Å². The van der Waals surface area contributed by atoms with Crippen molar-refractivity contribution in [2.45, 2.75) is 27.7 Å². The highest BCUT2D eigenvalue weighted by molar-refractivity contribution is 9.10. The van der Waals surface area contributed by atoms with Crippen molar-refractivity contribution in [1.29, 1.82) is 0 Å². The van der Waals surface area contributed by atoms with Gasteiger partial charge in [-0.3, -0.25) is 10.1 Å². The van der Waals surface area contributed by atoms with Gasteiger partial charge in [0.05, 0.1) is 10.5 Å². The first kappa shape index (κ1) is 14.7. The molecule has 0 amide bonds. The van der Waals surface area contributed by atoms with Gasteiger partial charge in [0.1, 0.15) is 0 Å². The lowest BCUT2D eigenvalue weighted by molar-refractivity contribution is -0.384. The zero-order chi connectivity index (χ0) is 15.0. The number of nitro groups is 1. The summed E-state index contributed by atoms with van der Waals surface area (Å²) in [5.41, 5.74) is 6.22. The fourth-order valence-corrected chi connectivity index (χ4v) is 3.11. The Bertz CT molecular complexity index is 679. The summed E-state index contributed by atoms with van der Waals surface area (Å²) in [5, 5.41) is 11.3. The van der Waals surface area contributed by atoms with Crippen molar-refractivity contribution >= 4 is 21.6 Å². The Balaban J connectivity index is 2.88. The van der Waals surface area contributed by atoms with Gasteiger partial charge in [0, 0.05) is 10.5 Å². The number of rotatable bonds is 2. The molecule has 3 nitrogen and oxygen atoms in total. The van der Waals surface area contributed by atoms with E-state index >= 15 is 0 Å². The summed E-state index contributed by atoms with van der Waals surface area (Å²) < 4.78 is 1.08. The van der Waals surface area contributed by atoms with Gasteiger partial charge in [0.15, 0.2) is 0 Å². The lowest BCUT2D eigenvalue weighted by Crippen LogP contribution is -2.00. The zero-order valence-corrected chi connectivity index (χ0v) is 13.5. The summed E-state index contributed by atoms with van der Waals surface area (Å²) in [5.74, 6) is 0. The van der Waals surface area contributed by atoms with Gasteiger partial charge in [-0.25, -0.2) is 0 Å². The molecule has 0 spiro atoms. The summed E-state index contributed by atoms with van der Waals surface area (Å²) in [6.07, 6.45) is 0. The molecule has 0 unspecified atom stereocenters. The van der Waals surface area contributed by atoms with Gasteiger partial charge in [0.25, 0.3) is 5.69 Å². The summed E-state index contributed by atoms with van der Waals surface area (Å²) in [6, 6.07) is 6.92. The number of nitrogens with zero attached hydrogens (tertiary/aromatic N) is 1. The van der Waals surface area contributed by atoms with Crippen LogP contribution in [0.3, 0.4) is 0 Å². The first-order valence-corrected chi connectivity index (χ1v) is 7.15. The SMILES string of the molecule is Cc1c(C)c(-c2ccccc2[N+](=O)[O-])c(C)c(C)c1Br. The molecule has 0 heterocycles. The molecule has 0 aliphatic rings. The van der Waals surface area contributed by atoms with Crippen LogP contribution in [-0.2, 0) is 0 Å². The van der Waals surface area contributed by atoms with E-state index in [2.05, 4.69) is 15.9 Å². The van der Waals surface area contributed by atoms with E-state index in [0.29, 0.717) is 5.56 Å². The Hall–Kier alpha value is -1.68. The van der Waals surface area contributed by atoms with Crippen molar-refractivity contribution in [2.75, 3.05) is 0 Å². The molecule has 2 rings (SSSR count). The molecule has 0 bridgehead atoms. The van der Waals surface area contributed by atoms with Gasteiger partial charge >= 0.3 is 0 Å². The van der Waals surface area contributed by atoms with Crippen LogP contribution < -0.4 is 0 Å². The smallest absolute Gasteiger partial charge is 0.258 e. The molecule has 0 saturated heterocycles. The maximum atomic E-state index is 11.3. The second kappa shape index (κ2) is 5.37. The molecule has 0 atom stereocenters. The average molecular weight is 334 g/mol. The third-order valence-corrected chi connectivity index (χ3v) is 5.09. The lowest BCUT2D eigenvalue weighted by atomic mass is 9.89. The molecule has 104 valence electrons. The number of nitro benzene ring substituents is 1. The zero-order valence-electron chi connectivity index (χ0n) is 12.0. The Morgan fingerprint density at radius 3 is 1.95 bits per heavy atom. The highest BCUT2D eigenvalue weighted by Crippen LogP contribution is 2.40. The van der Waals surface area contributed by atoms with Crippen molar-refractivity contribution in [1.82, 2.24) is 0 Å². The van der Waals surface area contributed by atoms with Crippen LogP contribution >= 0.6 is 15.9 Å². The minimum absolute atomic E-state index is 0.153. The molecule has 0 aromatic heterocycles. The van der Waals surface area contributed by atoms with Crippen LogP contribution in [0.4, 0.5) is 5.69 Å². The van der Waals surface area contributed by atoms with E-state index in [4.69, 9.17) is 0 Å². The van der Waals surface area contributed by atoms with Crippen LogP contribution in [-0.4, -0.2) is 4.92 Å². The third kappa shape index (κ3) is 2.24.